The molecule has 134 valence electrons. The standard InChI is InChI=1S/C17H20N2O4S2/c1-2-23-14-5-3-12(4-6-14)17-19-13(10-25-17)9-15(20)18-7-8-24-11-16(21)22/h3-6,10H,2,7-9,11H2,1H3,(H,18,20)(H,21,22). The van der Waals surface area contributed by atoms with Crippen LogP contribution in [0.5, 0.6) is 5.75 Å². The van der Waals surface area contributed by atoms with Crippen LogP contribution >= 0.6 is 23.1 Å². The Morgan fingerprint density at radius 1 is 1.32 bits per heavy atom. The Morgan fingerprint density at radius 3 is 2.76 bits per heavy atom. The first-order valence-corrected chi connectivity index (χ1v) is 9.85. The highest BCUT2D eigenvalue weighted by molar-refractivity contribution is 7.99. The Kier molecular flexibility index (Phi) is 7.75. The molecule has 0 aliphatic heterocycles. The van der Waals surface area contributed by atoms with Gasteiger partial charge in [-0.1, -0.05) is 0 Å². The van der Waals surface area contributed by atoms with Crippen molar-refractivity contribution in [3.05, 3.63) is 35.3 Å². The molecule has 1 aromatic carbocycles. The number of carbonyl (C=O) groups is 2. The number of carboxylic acids is 1. The Labute approximate surface area is 154 Å². The van der Waals surface area contributed by atoms with Crippen LogP contribution in [0.2, 0.25) is 0 Å². The van der Waals surface area contributed by atoms with E-state index < -0.39 is 5.97 Å². The normalized spacial score (nSPS) is 10.4. The fourth-order valence-corrected chi connectivity index (χ4v) is 3.42. The SMILES string of the molecule is CCOc1ccc(-c2nc(CC(=O)NCCSCC(=O)O)cs2)cc1. The molecule has 0 saturated heterocycles. The Balaban J connectivity index is 1.80. The van der Waals surface area contributed by atoms with E-state index in [2.05, 4.69) is 10.3 Å². The number of nitrogens with one attached hydrogen (secondary N) is 1. The van der Waals surface area contributed by atoms with Crippen LogP contribution in [0.4, 0.5) is 0 Å². The molecule has 2 N–H and O–H groups in total. The van der Waals surface area contributed by atoms with Crippen LogP contribution < -0.4 is 10.1 Å². The smallest absolute Gasteiger partial charge is 0.313 e. The van der Waals surface area contributed by atoms with E-state index in [9.17, 15) is 9.59 Å². The van der Waals surface area contributed by atoms with Crippen LogP contribution in [0.3, 0.4) is 0 Å². The van der Waals surface area contributed by atoms with Gasteiger partial charge in [0.1, 0.15) is 10.8 Å². The number of benzene rings is 1. The van der Waals surface area contributed by atoms with Gasteiger partial charge in [0.2, 0.25) is 5.91 Å². The molecule has 0 aliphatic carbocycles. The van der Waals surface area contributed by atoms with Crippen LogP contribution in [0, 0.1) is 0 Å². The first-order chi connectivity index (χ1) is 12.1. The number of rotatable bonds is 10. The van der Waals surface area contributed by atoms with Crippen LogP contribution in [0.25, 0.3) is 10.6 Å². The summed E-state index contributed by atoms with van der Waals surface area (Å²) in [5.74, 6) is 0.489. The minimum Gasteiger partial charge on any atom is -0.494 e. The number of thioether (sulfide) groups is 1. The maximum atomic E-state index is 11.9. The van der Waals surface area contributed by atoms with Gasteiger partial charge in [0.15, 0.2) is 0 Å². The van der Waals surface area contributed by atoms with Gasteiger partial charge >= 0.3 is 5.97 Å². The fourth-order valence-electron chi connectivity index (χ4n) is 2.03. The van der Waals surface area contributed by atoms with Gasteiger partial charge in [-0.05, 0) is 31.2 Å². The molecule has 0 fully saturated rings. The molecule has 0 spiro atoms. The molecule has 1 amide bonds. The second-order valence-corrected chi connectivity index (χ2v) is 7.04. The third-order valence-electron chi connectivity index (χ3n) is 3.10. The molecule has 2 rings (SSSR count). The van der Waals surface area contributed by atoms with Gasteiger partial charge in [-0.15, -0.1) is 23.1 Å². The number of hydrogen-bond acceptors (Lipinski definition) is 6. The minimum atomic E-state index is -0.847. The molecule has 25 heavy (non-hydrogen) atoms. The number of hydrogen-bond donors (Lipinski definition) is 2. The average Bonchev–Trinajstić information content (AvgIpc) is 3.03. The number of aliphatic carboxylic acids is 1. The van der Waals surface area contributed by atoms with Gasteiger partial charge in [0.05, 0.1) is 24.5 Å². The summed E-state index contributed by atoms with van der Waals surface area (Å²) in [6, 6.07) is 7.71. The summed E-state index contributed by atoms with van der Waals surface area (Å²) in [5.41, 5.74) is 1.72. The predicted molar refractivity (Wildman–Crippen MR) is 100 cm³/mol. The minimum absolute atomic E-state index is 0.0490. The Bertz CT molecular complexity index is 701. The lowest BCUT2D eigenvalue weighted by atomic mass is 10.2. The van der Waals surface area contributed by atoms with Gasteiger partial charge < -0.3 is 15.2 Å². The molecule has 0 atom stereocenters. The fraction of sp³-hybridized carbons (Fsp3) is 0.353. The number of ether oxygens (including phenoxy) is 1. The highest BCUT2D eigenvalue weighted by Gasteiger charge is 2.09. The number of amides is 1. The molecule has 0 aliphatic rings. The maximum Gasteiger partial charge on any atom is 0.313 e. The lowest BCUT2D eigenvalue weighted by Crippen LogP contribution is -2.27. The molecular formula is C17H20N2O4S2. The topological polar surface area (TPSA) is 88.5 Å². The first-order valence-electron chi connectivity index (χ1n) is 7.82. The molecule has 0 radical (unpaired) electrons. The van der Waals surface area contributed by atoms with Crippen molar-refractivity contribution in [2.45, 2.75) is 13.3 Å². The van der Waals surface area contributed by atoms with Gasteiger partial charge in [0, 0.05) is 23.2 Å². The molecular weight excluding hydrogens is 360 g/mol. The highest BCUT2D eigenvalue weighted by atomic mass is 32.2. The second-order valence-electron chi connectivity index (χ2n) is 5.07. The zero-order chi connectivity index (χ0) is 18.1. The molecule has 8 heteroatoms. The lowest BCUT2D eigenvalue weighted by molar-refractivity contribution is -0.133. The van der Waals surface area contributed by atoms with E-state index in [4.69, 9.17) is 9.84 Å². The largest absolute Gasteiger partial charge is 0.494 e. The van der Waals surface area contributed by atoms with Crippen LogP contribution in [-0.4, -0.2) is 46.6 Å². The molecule has 0 unspecified atom stereocenters. The van der Waals surface area contributed by atoms with Crippen LogP contribution in [-0.2, 0) is 16.0 Å². The first kappa shape index (κ1) is 19.3. The highest BCUT2D eigenvalue weighted by Crippen LogP contribution is 2.25. The summed E-state index contributed by atoms with van der Waals surface area (Å²) < 4.78 is 5.42. The van der Waals surface area contributed by atoms with Crippen molar-refractivity contribution in [3.8, 4) is 16.3 Å². The van der Waals surface area contributed by atoms with Crippen molar-refractivity contribution in [2.75, 3.05) is 24.7 Å². The zero-order valence-electron chi connectivity index (χ0n) is 13.9. The van der Waals surface area contributed by atoms with E-state index in [-0.39, 0.29) is 18.1 Å². The van der Waals surface area contributed by atoms with Crippen LogP contribution in [0.15, 0.2) is 29.6 Å². The van der Waals surface area contributed by atoms with Gasteiger partial charge in [0.25, 0.3) is 0 Å². The van der Waals surface area contributed by atoms with Crippen molar-refractivity contribution >= 4 is 35.0 Å². The van der Waals surface area contributed by atoms with E-state index >= 15 is 0 Å². The molecule has 0 bridgehead atoms. The lowest BCUT2D eigenvalue weighted by Gasteiger charge is -2.03. The van der Waals surface area contributed by atoms with Crippen molar-refractivity contribution in [2.24, 2.45) is 0 Å². The molecule has 6 nitrogen and oxygen atoms in total. The third kappa shape index (κ3) is 6.75. The van der Waals surface area contributed by atoms with Gasteiger partial charge in [-0.2, -0.15) is 0 Å². The van der Waals surface area contributed by atoms with Crippen molar-refractivity contribution in [3.63, 3.8) is 0 Å². The Morgan fingerprint density at radius 2 is 2.08 bits per heavy atom. The number of aromatic nitrogens is 1. The third-order valence-corrected chi connectivity index (χ3v) is 4.98. The maximum absolute atomic E-state index is 11.9. The quantitative estimate of drug-likeness (QED) is 0.616. The summed E-state index contributed by atoms with van der Waals surface area (Å²) >= 11 is 2.78. The summed E-state index contributed by atoms with van der Waals surface area (Å²) in [5, 5.41) is 14.0. The molecule has 1 heterocycles. The van der Waals surface area contributed by atoms with Crippen molar-refractivity contribution in [1.82, 2.24) is 10.3 Å². The number of thiazole rings is 1. The summed E-state index contributed by atoms with van der Waals surface area (Å²) in [6.45, 7) is 3.02. The Hall–Kier alpha value is -2.06. The van der Waals surface area contributed by atoms with E-state index in [0.717, 1.165) is 22.0 Å². The monoisotopic (exact) mass is 380 g/mol. The van der Waals surface area contributed by atoms with E-state index in [1.165, 1.54) is 23.1 Å². The number of carboxylic acid groups (broad SMARTS) is 1. The van der Waals surface area contributed by atoms with Crippen molar-refractivity contribution < 1.29 is 19.4 Å². The average molecular weight is 380 g/mol. The number of nitrogens with zero attached hydrogens (tertiary/aromatic N) is 1. The predicted octanol–water partition coefficient (Wildman–Crippen LogP) is 2.69. The van der Waals surface area contributed by atoms with Crippen molar-refractivity contribution in [1.29, 1.82) is 0 Å². The second kappa shape index (κ2) is 10.0. The zero-order valence-corrected chi connectivity index (χ0v) is 15.5. The van der Waals surface area contributed by atoms with Gasteiger partial charge in [-0.25, -0.2) is 4.98 Å². The summed E-state index contributed by atoms with van der Waals surface area (Å²) in [7, 11) is 0. The van der Waals surface area contributed by atoms with E-state index in [0.29, 0.717) is 18.9 Å². The molecule has 2 aromatic rings. The van der Waals surface area contributed by atoms with Crippen LogP contribution in [0.1, 0.15) is 12.6 Å². The molecule has 0 saturated carbocycles. The molecule has 1 aromatic heterocycles. The van der Waals surface area contributed by atoms with E-state index in [1.807, 2.05) is 36.6 Å². The van der Waals surface area contributed by atoms with Gasteiger partial charge in [-0.3, -0.25) is 9.59 Å². The summed E-state index contributed by atoms with van der Waals surface area (Å²) in [4.78, 5) is 26.8. The summed E-state index contributed by atoms with van der Waals surface area (Å²) in [6.07, 6.45) is 0.219. The number of carbonyl (C=O) groups excluding carboxylic acids is 1. The van der Waals surface area contributed by atoms with E-state index in [1.54, 1.807) is 0 Å².